The Morgan fingerprint density at radius 1 is 1.07 bits per heavy atom. The van der Waals surface area contributed by atoms with E-state index in [1.807, 2.05) is 69.3 Å². The van der Waals surface area contributed by atoms with E-state index in [0.717, 1.165) is 16.8 Å². The van der Waals surface area contributed by atoms with Gasteiger partial charge in [0.25, 0.3) is 5.91 Å². The SMILES string of the molecule is CCc1nc(-c2ccc(-n3cc(C(=O)NCc4ccc(C)cc4)c(C)n3)cc2)no1. The lowest BCUT2D eigenvalue weighted by Crippen LogP contribution is -2.23. The molecule has 1 N–H and O–H groups in total. The number of rotatable bonds is 6. The van der Waals surface area contributed by atoms with E-state index in [9.17, 15) is 4.79 Å². The van der Waals surface area contributed by atoms with Crippen molar-refractivity contribution in [1.29, 1.82) is 0 Å². The Bertz CT molecular complexity index is 1160. The molecule has 0 fully saturated rings. The number of benzene rings is 2. The highest BCUT2D eigenvalue weighted by Crippen LogP contribution is 2.19. The first-order chi connectivity index (χ1) is 14.5. The third-order valence-electron chi connectivity index (χ3n) is 4.88. The van der Waals surface area contributed by atoms with Gasteiger partial charge >= 0.3 is 0 Å². The van der Waals surface area contributed by atoms with Crippen LogP contribution >= 0.6 is 0 Å². The van der Waals surface area contributed by atoms with Crippen LogP contribution in [0.25, 0.3) is 17.1 Å². The summed E-state index contributed by atoms with van der Waals surface area (Å²) in [5, 5.41) is 11.4. The summed E-state index contributed by atoms with van der Waals surface area (Å²) < 4.78 is 6.87. The normalized spacial score (nSPS) is 10.9. The van der Waals surface area contributed by atoms with Crippen LogP contribution < -0.4 is 5.32 Å². The van der Waals surface area contributed by atoms with E-state index < -0.39 is 0 Å². The highest BCUT2D eigenvalue weighted by Gasteiger charge is 2.14. The Morgan fingerprint density at radius 2 is 1.80 bits per heavy atom. The van der Waals surface area contributed by atoms with E-state index >= 15 is 0 Å². The van der Waals surface area contributed by atoms with Crippen LogP contribution in [0.15, 0.2) is 59.3 Å². The predicted molar refractivity (Wildman–Crippen MR) is 113 cm³/mol. The molecule has 4 rings (SSSR count). The summed E-state index contributed by atoms with van der Waals surface area (Å²) in [6.07, 6.45) is 2.45. The number of nitrogens with zero attached hydrogens (tertiary/aromatic N) is 4. The molecule has 0 radical (unpaired) electrons. The van der Waals surface area contributed by atoms with Gasteiger partial charge in [-0.2, -0.15) is 10.1 Å². The van der Waals surface area contributed by atoms with Gasteiger partial charge in [-0.25, -0.2) is 4.68 Å². The van der Waals surface area contributed by atoms with Gasteiger partial charge in [0.05, 0.1) is 16.9 Å². The van der Waals surface area contributed by atoms with E-state index in [1.165, 1.54) is 5.56 Å². The fourth-order valence-electron chi connectivity index (χ4n) is 3.08. The van der Waals surface area contributed by atoms with Crippen molar-refractivity contribution < 1.29 is 9.32 Å². The number of hydrogen-bond donors (Lipinski definition) is 1. The van der Waals surface area contributed by atoms with Crippen molar-refractivity contribution in [2.24, 2.45) is 0 Å². The molecule has 0 saturated heterocycles. The van der Waals surface area contributed by atoms with Gasteiger partial charge in [0.15, 0.2) is 0 Å². The smallest absolute Gasteiger partial charge is 0.255 e. The fourth-order valence-corrected chi connectivity index (χ4v) is 3.08. The predicted octanol–water partition coefficient (Wildman–Crippen LogP) is 4.03. The van der Waals surface area contributed by atoms with Crippen molar-refractivity contribution in [1.82, 2.24) is 25.2 Å². The molecule has 4 aromatic rings. The number of amides is 1. The van der Waals surface area contributed by atoms with Gasteiger partial charge < -0.3 is 9.84 Å². The Hall–Kier alpha value is -3.74. The van der Waals surface area contributed by atoms with Gasteiger partial charge in [0, 0.05) is 24.7 Å². The second-order valence-corrected chi connectivity index (χ2v) is 7.15. The lowest BCUT2D eigenvalue weighted by atomic mass is 10.1. The molecule has 0 aliphatic rings. The third-order valence-corrected chi connectivity index (χ3v) is 4.88. The zero-order valence-corrected chi connectivity index (χ0v) is 17.2. The van der Waals surface area contributed by atoms with Crippen LogP contribution in [0.3, 0.4) is 0 Å². The molecule has 7 nitrogen and oxygen atoms in total. The summed E-state index contributed by atoms with van der Waals surface area (Å²) >= 11 is 0. The molecule has 0 spiro atoms. The summed E-state index contributed by atoms with van der Waals surface area (Å²) in [4.78, 5) is 17.0. The van der Waals surface area contributed by atoms with Gasteiger partial charge in [-0.05, 0) is 43.7 Å². The molecule has 0 saturated carbocycles. The number of nitrogens with one attached hydrogen (secondary N) is 1. The van der Waals surface area contributed by atoms with Crippen LogP contribution in [0.2, 0.25) is 0 Å². The lowest BCUT2D eigenvalue weighted by Gasteiger charge is -2.05. The van der Waals surface area contributed by atoms with E-state index in [1.54, 1.807) is 10.9 Å². The minimum absolute atomic E-state index is 0.144. The summed E-state index contributed by atoms with van der Waals surface area (Å²) in [5.41, 5.74) is 5.18. The van der Waals surface area contributed by atoms with Crippen molar-refractivity contribution in [2.75, 3.05) is 0 Å². The fraction of sp³-hybridized carbons (Fsp3) is 0.217. The Balaban J connectivity index is 1.47. The first-order valence-electron chi connectivity index (χ1n) is 9.87. The number of carbonyl (C=O) groups is 1. The molecule has 152 valence electrons. The van der Waals surface area contributed by atoms with Gasteiger partial charge in [0.1, 0.15) is 0 Å². The zero-order valence-electron chi connectivity index (χ0n) is 17.2. The van der Waals surface area contributed by atoms with Gasteiger partial charge in [-0.3, -0.25) is 4.79 Å². The molecule has 0 bridgehead atoms. The van der Waals surface area contributed by atoms with Gasteiger partial charge in [0.2, 0.25) is 11.7 Å². The first kappa shape index (κ1) is 19.6. The maximum Gasteiger partial charge on any atom is 0.255 e. The molecule has 30 heavy (non-hydrogen) atoms. The minimum atomic E-state index is -0.144. The molecule has 0 aliphatic carbocycles. The van der Waals surface area contributed by atoms with Crippen molar-refractivity contribution in [3.05, 3.63) is 83.0 Å². The van der Waals surface area contributed by atoms with E-state index in [-0.39, 0.29) is 5.91 Å². The standard InChI is InChI=1S/C23H23N5O2/c1-4-21-25-22(27-30-21)18-9-11-19(12-10-18)28-14-20(16(3)26-28)23(29)24-13-17-7-5-15(2)6-8-17/h5-12,14H,4,13H2,1-3H3,(H,24,29). The molecule has 2 aromatic heterocycles. The first-order valence-corrected chi connectivity index (χ1v) is 9.87. The average molecular weight is 401 g/mol. The van der Waals surface area contributed by atoms with Crippen LogP contribution in [-0.2, 0) is 13.0 Å². The molecule has 0 aliphatic heterocycles. The van der Waals surface area contributed by atoms with Crippen LogP contribution in [0.1, 0.15) is 40.0 Å². The number of carbonyl (C=O) groups excluding carboxylic acids is 1. The molecular weight excluding hydrogens is 378 g/mol. The molecule has 1 amide bonds. The van der Waals surface area contributed by atoms with Crippen molar-refractivity contribution in [2.45, 2.75) is 33.7 Å². The maximum atomic E-state index is 12.6. The summed E-state index contributed by atoms with van der Waals surface area (Å²) in [6.45, 7) is 6.31. The average Bonchev–Trinajstić information content (AvgIpc) is 3.40. The second kappa shape index (κ2) is 8.32. The number of hydrogen-bond acceptors (Lipinski definition) is 5. The Kier molecular flexibility index (Phi) is 5.43. The quantitative estimate of drug-likeness (QED) is 0.527. The second-order valence-electron chi connectivity index (χ2n) is 7.15. The van der Waals surface area contributed by atoms with Crippen molar-refractivity contribution in [3.8, 4) is 17.1 Å². The Morgan fingerprint density at radius 3 is 2.47 bits per heavy atom. The third kappa shape index (κ3) is 4.15. The highest BCUT2D eigenvalue weighted by atomic mass is 16.5. The van der Waals surface area contributed by atoms with Gasteiger partial charge in [-0.15, -0.1) is 0 Å². The number of aromatic nitrogens is 4. The van der Waals surface area contributed by atoms with E-state index in [4.69, 9.17) is 4.52 Å². The van der Waals surface area contributed by atoms with E-state index in [0.29, 0.717) is 35.9 Å². The zero-order chi connectivity index (χ0) is 21.1. The monoisotopic (exact) mass is 401 g/mol. The topological polar surface area (TPSA) is 85.8 Å². The summed E-state index contributed by atoms with van der Waals surface area (Å²) in [5.74, 6) is 1.03. The molecule has 0 atom stereocenters. The van der Waals surface area contributed by atoms with E-state index in [2.05, 4.69) is 20.6 Å². The lowest BCUT2D eigenvalue weighted by molar-refractivity contribution is 0.0950. The molecule has 2 aromatic carbocycles. The van der Waals surface area contributed by atoms with Crippen LogP contribution in [0.4, 0.5) is 0 Å². The maximum absolute atomic E-state index is 12.6. The van der Waals surface area contributed by atoms with Crippen molar-refractivity contribution in [3.63, 3.8) is 0 Å². The largest absolute Gasteiger partial charge is 0.348 e. The summed E-state index contributed by atoms with van der Waals surface area (Å²) in [6, 6.07) is 15.7. The molecule has 0 unspecified atom stereocenters. The van der Waals surface area contributed by atoms with Gasteiger partial charge in [-0.1, -0.05) is 41.9 Å². The summed E-state index contributed by atoms with van der Waals surface area (Å²) in [7, 11) is 0. The Labute approximate surface area is 174 Å². The highest BCUT2D eigenvalue weighted by molar-refractivity contribution is 5.95. The van der Waals surface area contributed by atoms with Crippen molar-refractivity contribution >= 4 is 5.91 Å². The molecule has 2 heterocycles. The van der Waals surface area contributed by atoms with Crippen LogP contribution in [0.5, 0.6) is 0 Å². The van der Waals surface area contributed by atoms with Crippen LogP contribution in [0, 0.1) is 13.8 Å². The number of aryl methyl sites for hydroxylation is 3. The molecular formula is C23H23N5O2. The van der Waals surface area contributed by atoms with Crippen LogP contribution in [-0.4, -0.2) is 25.8 Å². The minimum Gasteiger partial charge on any atom is -0.348 e. The molecule has 7 heteroatoms.